The van der Waals surface area contributed by atoms with Crippen LogP contribution in [0.1, 0.15) is 53.6 Å². The Kier molecular flexibility index (Phi) is 9.61. The zero-order chi connectivity index (χ0) is 30.7. The Bertz CT molecular complexity index is 1520. The highest BCUT2D eigenvalue weighted by Crippen LogP contribution is 2.39. The lowest BCUT2D eigenvalue weighted by molar-refractivity contribution is -0.149. The molecule has 0 bridgehead atoms. The summed E-state index contributed by atoms with van der Waals surface area (Å²) in [6, 6.07) is 15.2. The standard InChI is InChI=1S/C33H34ClF3N2O3S/c1-4-41-31(40)22-11-13-39(14-12-22)32-38-29(19-43-32)27-15-20(2)5-10-30(27)42-18-24-7-6-23(16-21(24)3)26-9-8-25(17-28(26)34)33(35,36)37/h5-10,15-17,22,29H,4,11-14,18-19H2,1-3H3. The van der Waals surface area contributed by atoms with Crippen molar-refractivity contribution in [3.63, 3.8) is 0 Å². The number of likely N-dealkylation sites (tertiary alicyclic amines) is 1. The lowest BCUT2D eigenvalue weighted by Gasteiger charge is -2.31. The van der Waals surface area contributed by atoms with E-state index >= 15 is 0 Å². The Labute approximate surface area is 259 Å². The van der Waals surface area contributed by atoms with Crippen molar-refractivity contribution in [2.24, 2.45) is 10.9 Å². The predicted octanol–water partition coefficient (Wildman–Crippen LogP) is 8.64. The summed E-state index contributed by atoms with van der Waals surface area (Å²) in [5, 5.41) is 1.06. The van der Waals surface area contributed by atoms with Crippen LogP contribution >= 0.6 is 23.4 Å². The van der Waals surface area contributed by atoms with Crippen molar-refractivity contribution in [1.82, 2.24) is 4.90 Å². The van der Waals surface area contributed by atoms with Gasteiger partial charge in [0, 0.05) is 35.0 Å². The molecule has 1 atom stereocenters. The van der Waals surface area contributed by atoms with E-state index in [4.69, 9.17) is 26.1 Å². The number of hydrogen-bond acceptors (Lipinski definition) is 6. The van der Waals surface area contributed by atoms with Gasteiger partial charge in [-0.3, -0.25) is 9.79 Å². The zero-order valence-corrected chi connectivity index (χ0v) is 25.9. The van der Waals surface area contributed by atoms with Gasteiger partial charge < -0.3 is 14.4 Å². The van der Waals surface area contributed by atoms with Crippen molar-refractivity contribution >= 4 is 34.5 Å². The molecule has 0 amide bonds. The molecule has 1 fully saturated rings. The summed E-state index contributed by atoms with van der Waals surface area (Å²) in [5.74, 6) is 1.45. The first-order chi connectivity index (χ1) is 20.5. The molecule has 0 aromatic heterocycles. The van der Waals surface area contributed by atoms with Crippen molar-refractivity contribution in [3.05, 3.63) is 87.4 Å². The van der Waals surface area contributed by atoms with E-state index in [1.165, 1.54) is 6.07 Å². The van der Waals surface area contributed by atoms with E-state index < -0.39 is 11.7 Å². The van der Waals surface area contributed by atoms with Crippen LogP contribution in [-0.2, 0) is 22.3 Å². The van der Waals surface area contributed by atoms with Crippen LogP contribution in [0.4, 0.5) is 13.2 Å². The molecule has 2 heterocycles. The fraction of sp³-hybridized carbons (Fsp3) is 0.394. The van der Waals surface area contributed by atoms with Gasteiger partial charge in [-0.15, -0.1) is 0 Å². The molecule has 5 rings (SSSR count). The van der Waals surface area contributed by atoms with E-state index in [1.807, 2.05) is 44.2 Å². The summed E-state index contributed by atoms with van der Waals surface area (Å²) in [4.78, 5) is 19.5. The van der Waals surface area contributed by atoms with Crippen molar-refractivity contribution in [1.29, 1.82) is 0 Å². The smallest absolute Gasteiger partial charge is 0.416 e. The molecule has 228 valence electrons. The molecule has 0 aliphatic carbocycles. The average Bonchev–Trinajstić information content (AvgIpc) is 3.47. The Hall–Kier alpha value is -3.17. The normalized spacial score (nSPS) is 17.6. The van der Waals surface area contributed by atoms with Crippen LogP contribution in [0.15, 0.2) is 59.6 Å². The predicted molar refractivity (Wildman–Crippen MR) is 166 cm³/mol. The van der Waals surface area contributed by atoms with Crippen LogP contribution in [0.3, 0.4) is 0 Å². The molecule has 0 radical (unpaired) electrons. The first-order valence-corrected chi connectivity index (χ1v) is 15.7. The van der Waals surface area contributed by atoms with Gasteiger partial charge in [0.1, 0.15) is 12.4 Å². The zero-order valence-electron chi connectivity index (χ0n) is 24.3. The maximum Gasteiger partial charge on any atom is 0.416 e. The molecular formula is C33H34ClF3N2O3S. The van der Waals surface area contributed by atoms with Gasteiger partial charge in [-0.25, -0.2) is 0 Å². The maximum absolute atomic E-state index is 13.1. The quantitative estimate of drug-likeness (QED) is 0.245. The highest BCUT2D eigenvalue weighted by molar-refractivity contribution is 8.14. The summed E-state index contributed by atoms with van der Waals surface area (Å²) in [6.45, 7) is 8.15. The summed E-state index contributed by atoms with van der Waals surface area (Å²) < 4.78 is 50.7. The fourth-order valence-corrected chi connectivity index (χ4v) is 6.84. The monoisotopic (exact) mass is 630 g/mol. The molecule has 1 unspecified atom stereocenters. The Morgan fingerprint density at radius 2 is 1.84 bits per heavy atom. The minimum Gasteiger partial charge on any atom is -0.489 e. The molecule has 10 heteroatoms. The highest BCUT2D eigenvalue weighted by Gasteiger charge is 2.32. The number of halogens is 4. The van der Waals surface area contributed by atoms with Crippen molar-refractivity contribution in [2.45, 2.75) is 52.4 Å². The number of thioether (sulfide) groups is 1. The first-order valence-electron chi connectivity index (χ1n) is 14.4. The van der Waals surface area contributed by atoms with E-state index in [0.717, 1.165) is 82.6 Å². The number of ether oxygens (including phenoxy) is 2. The van der Waals surface area contributed by atoms with Gasteiger partial charge in [-0.1, -0.05) is 65.3 Å². The number of carbonyl (C=O) groups is 1. The molecular weight excluding hydrogens is 597 g/mol. The van der Waals surface area contributed by atoms with Crippen molar-refractivity contribution < 1.29 is 27.4 Å². The maximum atomic E-state index is 13.1. The number of esters is 1. The summed E-state index contributed by atoms with van der Waals surface area (Å²) in [7, 11) is 0. The first kappa shape index (κ1) is 31.3. The van der Waals surface area contributed by atoms with Crippen LogP contribution < -0.4 is 4.74 Å². The summed E-state index contributed by atoms with van der Waals surface area (Å²) in [5.41, 5.74) is 4.59. The molecule has 2 aliphatic heterocycles. The van der Waals surface area contributed by atoms with Crippen LogP contribution in [-0.4, -0.2) is 41.5 Å². The second-order valence-corrected chi connectivity index (χ2v) is 12.3. The molecule has 3 aromatic rings. The van der Waals surface area contributed by atoms with E-state index in [9.17, 15) is 18.0 Å². The third kappa shape index (κ3) is 7.32. The minimum atomic E-state index is -4.44. The van der Waals surface area contributed by atoms with E-state index in [-0.39, 0.29) is 23.0 Å². The molecule has 43 heavy (non-hydrogen) atoms. The second-order valence-electron chi connectivity index (χ2n) is 10.9. The molecule has 3 aromatic carbocycles. The van der Waals surface area contributed by atoms with Gasteiger partial charge in [0.05, 0.1) is 24.1 Å². The number of piperidine rings is 1. The minimum absolute atomic E-state index is 0.0389. The molecule has 1 saturated heterocycles. The SMILES string of the molecule is CCOC(=O)C1CCN(C2=NC(c3cc(C)ccc3OCc3ccc(-c4ccc(C(F)(F)F)cc4Cl)cc3C)CS2)CC1. The van der Waals surface area contributed by atoms with Gasteiger partial charge in [-0.2, -0.15) is 13.2 Å². The van der Waals surface area contributed by atoms with Crippen LogP contribution in [0.2, 0.25) is 5.02 Å². The number of benzene rings is 3. The van der Waals surface area contributed by atoms with Gasteiger partial charge in [-0.05, 0) is 68.5 Å². The third-order valence-corrected chi connectivity index (χ3v) is 9.30. The van der Waals surface area contributed by atoms with Gasteiger partial charge in [0.15, 0.2) is 5.17 Å². The van der Waals surface area contributed by atoms with Crippen LogP contribution in [0.5, 0.6) is 5.75 Å². The Balaban J connectivity index is 1.27. The largest absolute Gasteiger partial charge is 0.489 e. The highest BCUT2D eigenvalue weighted by atomic mass is 35.5. The average molecular weight is 631 g/mol. The molecule has 2 aliphatic rings. The van der Waals surface area contributed by atoms with Gasteiger partial charge in [0.25, 0.3) is 0 Å². The number of aliphatic imine (C=N–C) groups is 1. The van der Waals surface area contributed by atoms with Crippen LogP contribution in [0, 0.1) is 19.8 Å². The van der Waals surface area contributed by atoms with Gasteiger partial charge >= 0.3 is 12.1 Å². The van der Waals surface area contributed by atoms with Gasteiger partial charge in [0.2, 0.25) is 0 Å². The molecule has 0 N–H and O–H groups in total. The van der Waals surface area contributed by atoms with E-state index in [1.54, 1.807) is 11.8 Å². The number of hydrogen-bond donors (Lipinski definition) is 0. The topological polar surface area (TPSA) is 51.1 Å². The molecule has 5 nitrogen and oxygen atoms in total. The number of aryl methyl sites for hydroxylation is 2. The van der Waals surface area contributed by atoms with Crippen molar-refractivity contribution in [3.8, 4) is 16.9 Å². The Morgan fingerprint density at radius 1 is 1.07 bits per heavy atom. The van der Waals surface area contributed by atoms with Crippen LogP contribution in [0.25, 0.3) is 11.1 Å². The number of amidine groups is 1. The van der Waals surface area contributed by atoms with Crippen molar-refractivity contribution in [2.75, 3.05) is 25.4 Å². The Morgan fingerprint density at radius 3 is 2.51 bits per heavy atom. The van der Waals surface area contributed by atoms with E-state index in [0.29, 0.717) is 18.8 Å². The van der Waals surface area contributed by atoms with E-state index in [2.05, 4.69) is 17.9 Å². The lowest BCUT2D eigenvalue weighted by Crippen LogP contribution is -2.39. The number of nitrogens with zero attached hydrogens (tertiary/aromatic N) is 2. The third-order valence-electron chi connectivity index (χ3n) is 7.88. The molecule has 0 saturated carbocycles. The second kappa shape index (κ2) is 13.2. The summed E-state index contributed by atoms with van der Waals surface area (Å²) in [6.07, 6.45) is -2.91. The summed E-state index contributed by atoms with van der Waals surface area (Å²) >= 11 is 7.96. The number of carbonyl (C=O) groups excluding carboxylic acids is 1. The number of alkyl halides is 3. The fourth-order valence-electron chi connectivity index (χ4n) is 5.43. The number of rotatable bonds is 7. The lowest BCUT2D eigenvalue weighted by atomic mass is 9.97. The molecule has 0 spiro atoms.